The van der Waals surface area contributed by atoms with Crippen LogP contribution in [-0.2, 0) is 19.4 Å². The third-order valence-electron chi connectivity index (χ3n) is 2.66. The molecule has 7 nitrogen and oxygen atoms in total. The summed E-state index contributed by atoms with van der Waals surface area (Å²) in [6.45, 7) is 4.53. The molecule has 0 rings (SSSR count). The maximum absolute atomic E-state index is 11.8. The van der Waals surface area contributed by atoms with Crippen molar-refractivity contribution >= 4 is 21.7 Å². The highest BCUT2D eigenvalue weighted by Gasteiger charge is 2.26. The van der Waals surface area contributed by atoms with Crippen LogP contribution in [0.15, 0.2) is 0 Å². The first-order valence-electron chi connectivity index (χ1n) is 6.11. The first-order valence-corrected chi connectivity index (χ1v) is 7.93. The Balaban J connectivity index is 4.54. The van der Waals surface area contributed by atoms with Gasteiger partial charge in [0, 0.05) is 6.92 Å². The molecule has 0 unspecified atom stereocenters. The number of hydrogen-bond acceptors (Lipinski definition) is 5. The lowest BCUT2D eigenvalue weighted by Gasteiger charge is -2.16. The number of amides is 1. The standard InChI is InChI=1S/C12H20N2O5S/c1-9(15)14-10(11(16)17)7-20(18,19)6-4-5-12(2,3)8-13/h10H,4-7H2,1-3H3,(H,14,15)(H,16,17)/t10-/m0/s1. The molecule has 114 valence electrons. The Labute approximate surface area is 118 Å². The zero-order valence-corrected chi connectivity index (χ0v) is 12.7. The third-order valence-corrected chi connectivity index (χ3v) is 4.41. The monoisotopic (exact) mass is 304 g/mol. The number of carbonyl (C=O) groups excluding carboxylic acids is 1. The van der Waals surface area contributed by atoms with Crippen LogP contribution in [0.3, 0.4) is 0 Å². The second-order valence-electron chi connectivity index (χ2n) is 5.30. The molecule has 0 aromatic carbocycles. The number of carboxylic acids is 1. The van der Waals surface area contributed by atoms with Gasteiger partial charge in [0.15, 0.2) is 9.84 Å². The molecule has 0 heterocycles. The minimum Gasteiger partial charge on any atom is -0.480 e. The van der Waals surface area contributed by atoms with Crippen LogP contribution in [0.4, 0.5) is 0 Å². The van der Waals surface area contributed by atoms with Crippen molar-refractivity contribution in [3.8, 4) is 6.07 Å². The van der Waals surface area contributed by atoms with E-state index in [4.69, 9.17) is 10.4 Å². The van der Waals surface area contributed by atoms with E-state index < -0.39 is 38.9 Å². The number of nitrogens with zero attached hydrogens (tertiary/aromatic N) is 1. The molecule has 1 atom stereocenters. The Hall–Kier alpha value is -1.62. The molecule has 0 saturated carbocycles. The molecule has 1 amide bonds. The molecule has 2 N–H and O–H groups in total. The van der Waals surface area contributed by atoms with E-state index in [0.717, 1.165) is 6.92 Å². The largest absolute Gasteiger partial charge is 0.480 e. The second kappa shape index (κ2) is 7.24. The Morgan fingerprint density at radius 3 is 2.35 bits per heavy atom. The van der Waals surface area contributed by atoms with Gasteiger partial charge in [-0.05, 0) is 26.7 Å². The van der Waals surface area contributed by atoms with Crippen LogP contribution in [0.1, 0.15) is 33.6 Å². The highest BCUT2D eigenvalue weighted by Crippen LogP contribution is 2.21. The van der Waals surface area contributed by atoms with Crippen LogP contribution in [0.2, 0.25) is 0 Å². The number of nitriles is 1. The fourth-order valence-electron chi connectivity index (χ4n) is 1.55. The molecule has 0 fully saturated rings. The molecule has 0 aliphatic carbocycles. The van der Waals surface area contributed by atoms with Gasteiger partial charge in [0.05, 0.1) is 23.0 Å². The summed E-state index contributed by atoms with van der Waals surface area (Å²) in [6, 6.07) is 0.624. The Morgan fingerprint density at radius 1 is 1.40 bits per heavy atom. The summed E-state index contributed by atoms with van der Waals surface area (Å²) in [5.41, 5.74) is -0.612. The number of sulfone groups is 1. The van der Waals surface area contributed by atoms with Gasteiger partial charge in [0.2, 0.25) is 5.91 Å². The van der Waals surface area contributed by atoms with Crippen LogP contribution in [-0.4, -0.2) is 42.9 Å². The fraction of sp³-hybridized carbons (Fsp3) is 0.750. The lowest BCUT2D eigenvalue weighted by molar-refractivity contribution is -0.140. The van der Waals surface area contributed by atoms with Crippen LogP contribution < -0.4 is 5.32 Å². The number of rotatable bonds is 8. The molecule has 0 bridgehead atoms. The molecule has 0 aliphatic rings. The van der Waals surface area contributed by atoms with Crippen LogP contribution in [0.25, 0.3) is 0 Å². The fourth-order valence-corrected chi connectivity index (χ4v) is 3.03. The zero-order valence-electron chi connectivity index (χ0n) is 11.8. The van der Waals surface area contributed by atoms with E-state index in [1.165, 1.54) is 0 Å². The van der Waals surface area contributed by atoms with E-state index in [9.17, 15) is 18.0 Å². The lowest BCUT2D eigenvalue weighted by atomic mass is 9.90. The highest BCUT2D eigenvalue weighted by atomic mass is 32.2. The molecular formula is C12H20N2O5S. The number of hydrogen-bond donors (Lipinski definition) is 2. The van der Waals surface area contributed by atoms with Crippen molar-refractivity contribution in [1.29, 1.82) is 5.26 Å². The van der Waals surface area contributed by atoms with Crippen LogP contribution >= 0.6 is 0 Å². The molecule has 20 heavy (non-hydrogen) atoms. The Morgan fingerprint density at radius 2 is 1.95 bits per heavy atom. The summed E-state index contributed by atoms with van der Waals surface area (Å²) < 4.78 is 23.6. The van der Waals surface area contributed by atoms with Gasteiger partial charge >= 0.3 is 5.97 Å². The van der Waals surface area contributed by atoms with Crippen molar-refractivity contribution in [2.45, 2.75) is 39.7 Å². The number of nitrogens with one attached hydrogen (secondary N) is 1. The quantitative estimate of drug-likeness (QED) is 0.665. The van der Waals surface area contributed by atoms with Gasteiger partial charge in [-0.2, -0.15) is 5.26 Å². The predicted molar refractivity (Wildman–Crippen MR) is 72.5 cm³/mol. The topological polar surface area (TPSA) is 124 Å². The van der Waals surface area contributed by atoms with Crippen LogP contribution in [0.5, 0.6) is 0 Å². The van der Waals surface area contributed by atoms with Gasteiger partial charge < -0.3 is 10.4 Å². The second-order valence-corrected chi connectivity index (χ2v) is 7.53. The minimum atomic E-state index is -3.61. The average Bonchev–Trinajstić information content (AvgIpc) is 2.26. The summed E-state index contributed by atoms with van der Waals surface area (Å²) in [7, 11) is -3.61. The third kappa shape index (κ3) is 7.74. The van der Waals surface area contributed by atoms with Crippen molar-refractivity contribution in [1.82, 2.24) is 5.32 Å². The Bertz CT molecular complexity index is 504. The summed E-state index contributed by atoms with van der Waals surface area (Å²) in [4.78, 5) is 21.7. The summed E-state index contributed by atoms with van der Waals surface area (Å²) in [6.07, 6.45) is 0.676. The Kier molecular flexibility index (Phi) is 6.65. The molecular weight excluding hydrogens is 284 g/mol. The van der Waals surface area contributed by atoms with Crippen molar-refractivity contribution < 1.29 is 23.1 Å². The molecule has 0 saturated heterocycles. The van der Waals surface area contributed by atoms with Gasteiger partial charge in [-0.15, -0.1) is 0 Å². The molecule has 0 aromatic rings. The van der Waals surface area contributed by atoms with Crippen molar-refractivity contribution in [2.24, 2.45) is 5.41 Å². The molecule has 0 radical (unpaired) electrons. The maximum atomic E-state index is 11.8. The lowest BCUT2D eigenvalue weighted by Crippen LogP contribution is -2.44. The van der Waals surface area contributed by atoms with Crippen LogP contribution in [0, 0.1) is 16.7 Å². The van der Waals surface area contributed by atoms with Gasteiger partial charge in [-0.1, -0.05) is 0 Å². The summed E-state index contributed by atoms with van der Waals surface area (Å²) in [5.74, 6) is -2.84. The molecule has 0 spiro atoms. The summed E-state index contributed by atoms with van der Waals surface area (Å²) >= 11 is 0. The van der Waals surface area contributed by atoms with Gasteiger partial charge in [0.1, 0.15) is 6.04 Å². The first kappa shape index (κ1) is 18.4. The number of aliphatic carboxylic acids is 1. The summed E-state index contributed by atoms with van der Waals surface area (Å²) in [5, 5.41) is 19.8. The van der Waals surface area contributed by atoms with E-state index in [0.29, 0.717) is 6.42 Å². The maximum Gasteiger partial charge on any atom is 0.327 e. The minimum absolute atomic E-state index is 0.207. The molecule has 0 aromatic heterocycles. The van der Waals surface area contributed by atoms with Gasteiger partial charge in [0.25, 0.3) is 0 Å². The SMILES string of the molecule is CC(=O)N[C@@H](CS(=O)(=O)CCCC(C)(C)C#N)C(=O)O. The van der Waals surface area contributed by atoms with E-state index in [1.54, 1.807) is 13.8 Å². The smallest absolute Gasteiger partial charge is 0.327 e. The van der Waals surface area contributed by atoms with E-state index >= 15 is 0 Å². The highest BCUT2D eigenvalue weighted by molar-refractivity contribution is 7.91. The average molecular weight is 304 g/mol. The van der Waals surface area contributed by atoms with E-state index in [-0.39, 0.29) is 12.2 Å². The zero-order chi connectivity index (χ0) is 16.0. The van der Waals surface area contributed by atoms with Gasteiger partial charge in [-0.3, -0.25) is 4.79 Å². The number of carbonyl (C=O) groups is 2. The number of carboxylic acid groups (broad SMARTS) is 1. The predicted octanol–water partition coefficient (Wildman–Crippen LogP) is 0.320. The van der Waals surface area contributed by atoms with Crippen molar-refractivity contribution in [3.05, 3.63) is 0 Å². The molecule has 0 aliphatic heterocycles. The van der Waals surface area contributed by atoms with Crippen molar-refractivity contribution in [3.63, 3.8) is 0 Å². The van der Waals surface area contributed by atoms with E-state index in [2.05, 4.69) is 11.4 Å². The first-order chi connectivity index (χ1) is 8.99. The normalized spacial score (nSPS) is 13.3. The van der Waals surface area contributed by atoms with E-state index in [1.807, 2.05) is 0 Å². The van der Waals surface area contributed by atoms with Gasteiger partial charge in [-0.25, -0.2) is 13.2 Å². The molecule has 8 heteroatoms. The van der Waals surface area contributed by atoms with Crippen molar-refractivity contribution in [2.75, 3.05) is 11.5 Å².